The van der Waals surface area contributed by atoms with Gasteiger partial charge in [-0.3, -0.25) is 0 Å². The third-order valence-electron chi connectivity index (χ3n) is 3.16. The molecule has 0 fully saturated rings. The maximum absolute atomic E-state index is 11.9. The van der Waals surface area contributed by atoms with Gasteiger partial charge in [-0.2, -0.15) is 0 Å². The van der Waals surface area contributed by atoms with Gasteiger partial charge < -0.3 is 10.4 Å². The highest BCUT2D eigenvalue weighted by atomic mass is 32.2. The molecule has 0 heterocycles. The van der Waals surface area contributed by atoms with Crippen LogP contribution in [0.4, 0.5) is 5.69 Å². The molecular weight excluding hydrogens is 286 g/mol. The number of rotatable bonds is 6. The third kappa shape index (κ3) is 3.98. The molecule has 0 aliphatic heterocycles. The Balaban J connectivity index is 2.05. The van der Waals surface area contributed by atoms with Gasteiger partial charge in [0.2, 0.25) is 0 Å². The number of sulfone groups is 1. The number of hydrogen-bond acceptors (Lipinski definition) is 4. The molecule has 0 aromatic heterocycles. The van der Waals surface area contributed by atoms with E-state index in [9.17, 15) is 13.5 Å². The number of anilines is 1. The van der Waals surface area contributed by atoms with Crippen molar-refractivity contribution in [3.05, 3.63) is 54.1 Å². The largest absolute Gasteiger partial charge is 0.508 e. The predicted octanol–water partition coefficient (Wildman–Crippen LogP) is 3.19. The van der Waals surface area contributed by atoms with Crippen LogP contribution in [0.3, 0.4) is 0 Å². The molecule has 0 aliphatic carbocycles. The molecular formula is C16H19NO3S. The first kappa shape index (κ1) is 15.4. The lowest BCUT2D eigenvalue weighted by Crippen LogP contribution is -2.06. The molecule has 0 amide bonds. The molecule has 0 radical (unpaired) electrons. The molecule has 0 aliphatic rings. The summed E-state index contributed by atoms with van der Waals surface area (Å²) < 4.78 is 23.8. The molecule has 0 spiro atoms. The van der Waals surface area contributed by atoms with Gasteiger partial charge in [-0.25, -0.2) is 8.42 Å². The van der Waals surface area contributed by atoms with Crippen LogP contribution in [0.25, 0.3) is 0 Å². The first-order valence-electron chi connectivity index (χ1n) is 6.86. The maximum atomic E-state index is 11.9. The van der Waals surface area contributed by atoms with E-state index >= 15 is 0 Å². The summed E-state index contributed by atoms with van der Waals surface area (Å²) in [5.74, 6) is 0.407. The molecule has 4 nitrogen and oxygen atoms in total. The van der Waals surface area contributed by atoms with Crippen molar-refractivity contribution in [3.8, 4) is 5.75 Å². The number of para-hydroxylation sites is 1. The summed E-state index contributed by atoms with van der Waals surface area (Å²) in [6.45, 7) is 2.33. The Kier molecular flexibility index (Phi) is 4.85. The quantitative estimate of drug-likeness (QED) is 0.860. The topological polar surface area (TPSA) is 66.4 Å². The number of phenolic OH excluding ortho intramolecular Hbond substituents is 1. The van der Waals surface area contributed by atoms with Crippen LogP contribution in [0.15, 0.2) is 53.4 Å². The zero-order valence-electron chi connectivity index (χ0n) is 11.9. The van der Waals surface area contributed by atoms with Crippen molar-refractivity contribution in [1.82, 2.24) is 0 Å². The Hall–Kier alpha value is -2.01. The fourth-order valence-corrected chi connectivity index (χ4v) is 3.35. The van der Waals surface area contributed by atoms with E-state index < -0.39 is 9.84 Å². The standard InChI is InChI=1S/C16H19NO3S/c1-2-11-21(19,20)15-9-7-14(8-10-15)17-12-13-5-3-4-6-16(13)18/h3-10,17-18H,2,11-12H2,1H3. The van der Waals surface area contributed by atoms with Crippen molar-refractivity contribution in [2.45, 2.75) is 24.8 Å². The van der Waals surface area contributed by atoms with Crippen LogP contribution in [-0.2, 0) is 16.4 Å². The second-order valence-corrected chi connectivity index (χ2v) is 6.93. The lowest BCUT2D eigenvalue weighted by atomic mass is 10.2. The van der Waals surface area contributed by atoms with E-state index in [1.165, 1.54) is 0 Å². The number of benzene rings is 2. The number of hydrogen-bond donors (Lipinski definition) is 2. The van der Waals surface area contributed by atoms with Gasteiger partial charge >= 0.3 is 0 Å². The fraction of sp³-hybridized carbons (Fsp3) is 0.250. The predicted molar refractivity (Wildman–Crippen MR) is 84.2 cm³/mol. The van der Waals surface area contributed by atoms with Gasteiger partial charge in [0.25, 0.3) is 0 Å². The van der Waals surface area contributed by atoms with Gasteiger partial charge in [0.15, 0.2) is 9.84 Å². The first-order valence-corrected chi connectivity index (χ1v) is 8.51. The average molecular weight is 305 g/mol. The maximum Gasteiger partial charge on any atom is 0.178 e. The highest BCUT2D eigenvalue weighted by molar-refractivity contribution is 7.91. The molecule has 2 rings (SSSR count). The van der Waals surface area contributed by atoms with E-state index in [0.717, 1.165) is 11.3 Å². The minimum atomic E-state index is -3.17. The molecule has 0 saturated carbocycles. The zero-order valence-corrected chi connectivity index (χ0v) is 12.7. The molecule has 5 heteroatoms. The summed E-state index contributed by atoms with van der Waals surface area (Å²) in [6.07, 6.45) is 0.607. The van der Waals surface area contributed by atoms with Crippen LogP contribution in [0.1, 0.15) is 18.9 Å². The summed E-state index contributed by atoms with van der Waals surface area (Å²) in [5, 5.41) is 12.8. The van der Waals surface area contributed by atoms with Crippen molar-refractivity contribution >= 4 is 15.5 Å². The zero-order chi connectivity index (χ0) is 15.3. The molecule has 112 valence electrons. The SMILES string of the molecule is CCCS(=O)(=O)c1ccc(NCc2ccccc2O)cc1. The monoisotopic (exact) mass is 305 g/mol. The van der Waals surface area contributed by atoms with E-state index in [1.807, 2.05) is 19.1 Å². The number of aromatic hydroxyl groups is 1. The van der Waals surface area contributed by atoms with E-state index in [-0.39, 0.29) is 11.5 Å². The van der Waals surface area contributed by atoms with Gasteiger partial charge in [-0.05, 0) is 36.8 Å². The average Bonchev–Trinajstić information content (AvgIpc) is 2.47. The molecule has 0 atom stereocenters. The Morgan fingerprint density at radius 1 is 1.05 bits per heavy atom. The van der Waals surface area contributed by atoms with Crippen LogP contribution >= 0.6 is 0 Å². The van der Waals surface area contributed by atoms with Crippen LogP contribution in [0.2, 0.25) is 0 Å². The Bertz CT molecular complexity index is 694. The lowest BCUT2D eigenvalue weighted by molar-refractivity contribution is 0.469. The second-order valence-electron chi connectivity index (χ2n) is 4.83. The smallest absolute Gasteiger partial charge is 0.178 e. The van der Waals surface area contributed by atoms with E-state index in [0.29, 0.717) is 17.9 Å². The summed E-state index contributed by atoms with van der Waals surface area (Å²) in [5.41, 5.74) is 1.61. The van der Waals surface area contributed by atoms with Crippen molar-refractivity contribution in [2.75, 3.05) is 11.1 Å². The second kappa shape index (κ2) is 6.63. The van der Waals surface area contributed by atoms with Crippen LogP contribution in [0.5, 0.6) is 5.75 Å². The van der Waals surface area contributed by atoms with Crippen LogP contribution < -0.4 is 5.32 Å². The third-order valence-corrected chi connectivity index (χ3v) is 5.10. The first-order chi connectivity index (χ1) is 10.0. The minimum absolute atomic E-state index is 0.164. The van der Waals surface area contributed by atoms with Gasteiger partial charge in [-0.15, -0.1) is 0 Å². The van der Waals surface area contributed by atoms with Gasteiger partial charge in [0.05, 0.1) is 10.6 Å². The fourth-order valence-electron chi connectivity index (χ4n) is 2.02. The molecule has 2 N–H and O–H groups in total. The van der Waals surface area contributed by atoms with Crippen LogP contribution in [-0.4, -0.2) is 19.3 Å². The Morgan fingerprint density at radius 2 is 1.71 bits per heavy atom. The molecule has 2 aromatic rings. The van der Waals surface area contributed by atoms with E-state index in [4.69, 9.17) is 0 Å². The number of nitrogens with one attached hydrogen (secondary N) is 1. The van der Waals surface area contributed by atoms with Gasteiger partial charge in [-0.1, -0.05) is 25.1 Å². The Morgan fingerprint density at radius 3 is 2.33 bits per heavy atom. The molecule has 21 heavy (non-hydrogen) atoms. The number of phenols is 1. The lowest BCUT2D eigenvalue weighted by Gasteiger charge is -2.09. The summed E-state index contributed by atoms with van der Waals surface area (Å²) in [4.78, 5) is 0.345. The minimum Gasteiger partial charge on any atom is -0.508 e. The van der Waals surface area contributed by atoms with Crippen molar-refractivity contribution in [3.63, 3.8) is 0 Å². The normalized spacial score (nSPS) is 11.3. The molecule has 0 unspecified atom stereocenters. The van der Waals surface area contributed by atoms with Crippen molar-refractivity contribution < 1.29 is 13.5 Å². The van der Waals surface area contributed by atoms with Crippen LogP contribution in [0, 0.1) is 0 Å². The van der Waals surface area contributed by atoms with Crippen molar-refractivity contribution in [1.29, 1.82) is 0 Å². The van der Waals surface area contributed by atoms with Gasteiger partial charge in [0.1, 0.15) is 5.75 Å². The highest BCUT2D eigenvalue weighted by Gasteiger charge is 2.12. The molecule has 0 bridgehead atoms. The summed E-state index contributed by atoms with van der Waals surface area (Å²) >= 11 is 0. The van der Waals surface area contributed by atoms with E-state index in [2.05, 4.69) is 5.32 Å². The van der Waals surface area contributed by atoms with E-state index in [1.54, 1.807) is 36.4 Å². The summed E-state index contributed by atoms with van der Waals surface area (Å²) in [6, 6.07) is 13.8. The summed E-state index contributed by atoms with van der Waals surface area (Å²) in [7, 11) is -3.17. The van der Waals surface area contributed by atoms with Crippen molar-refractivity contribution in [2.24, 2.45) is 0 Å². The Labute approximate surface area is 125 Å². The highest BCUT2D eigenvalue weighted by Crippen LogP contribution is 2.19. The van der Waals surface area contributed by atoms with Gasteiger partial charge in [0, 0.05) is 17.8 Å². The molecule has 0 saturated heterocycles. The molecule has 2 aromatic carbocycles.